The smallest absolute Gasteiger partial charge is 0.243 e. The van der Waals surface area contributed by atoms with Crippen molar-refractivity contribution in [1.29, 1.82) is 0 Å². The van der Waals surface area contributed by atoms with Gasteiger partial charge in [0.2, 0.25) is 15.9 Å². The number of carbonyl (C=O) groups is 1. The predicted octanol–water partition coefficient (Wildman–Crippen LogP) is 2.34. The molecule has 1 amide bonds. The van der Waals surface area contributed by atoms with Gasteiger partial charge in [0.1, 0.15) is 0 Å². The van der Waals surface area contributed by atoms with E-state index in [0.717, 1.165) is 5.69 Å². The van der Waals surface area contributed by atoms with Crippen molar-refractivity contribution in [1.82, 2.24) is 9.62 Å². The van der Waals surface area contributed by atoms with Crippen LogP contribution in [0.5, 0.6) is 0 Å². The molecule has 2 aromatic carbocycles. The molecule has 0 aromatic heterocycles. The third-order valence-electron chi connectivity index (χ3n) is 5.08. The standard InChI is InChI=1S/C21H27N3O3S/c1-23(19-10-4-2-5-11-19)16-14-22-21(25)18-9-8-15-24(17-18)28(26,27)20-12-6-3-7-13-20/h2-7,10-13,18H,8-9,14-17H2,1H3,(H,22,25)/t18-/m1/s1. The van der Waals surface area contributed by atoms with Gasteiger partial charge >= 0.3 is 0 Å². The Morgan fingerprint density at radius 1 is 1.11 bits per heavy atom. The Balaban J connectivity index is 1.53. The monoisotopic (exact) mass is 401 g/mol. The highest BCUT2D eigenvalue weighted by Gasteiger charge is 2.33. The molecule has 28 heavy (non-hydrogen) atoms. The quantitative estimate of drug-likeness (QED) is 0.773. The van der Waals surface area contributed by atoms with Crippen LogP contribution in [0.15, 0.2) is 65.6 Å². The van der Waals surface area contributed by atoms with Crippen molar-refractivity contribution in [3.8, 4) is 0 Å². The van der Waals surface area contributed by atoms with Gasteiger partial charge in [0.25, 0.3) is 0 Å². The average Bonchev–Trinajstić information content (AvgIpc) is 2.75. The van der Waals surface area contributed by atoms with Crippen molar-refractivity contribution in [2.45, 2.75) is 17.7 Å². The fraction of sp³-hybridized carbons (Fsp3) is 0.381. The van der Waals surface area contributed by atoms with E-state index in [9.17, 15) is 13.2 Å². The van der Waals surface area contributed by atoms with Gasteiger partial charge in [0.15, 0.2) is 0 Å². The summed E-state index contributed by atoms with van der Waals surface area (Å²) in [7, 11) is -1.57. The molecule has 1 atom stereocenters. The van der Waals surface area contributed by atoms with Crippen molar-refractivity contribution in [3.63, 3.8) is 0 Å². The number of rotatable bonds is 7. The van der Waals surface area contributed by atoms with Gasteiger partial charge in [-0.15, -0.1) is 0 Å². The predicted molar refractivity (Wildman–Crippen MR) is 111 cm³/mol. The molecule has 1 N–H and O–H groups in total. The van der Waals surface area contributed by atoms with E-state index in [0.29, 0.717) is 32.5 Å². The van der Waals surface area contributed by atoms with E-state index in [1.807, 2.05) is 37.4 Å². The van der Waals surface area contributed by atoms with E-state index in [1.165, 1.54) is 4.31 Å². The van der Waals surface area contributed by atoms with Crippen molar-refractivity contribution in [2.24, 2.45) is 5.92 Å². The number of carbonyl (C=O) groups excluding carboxylic acids is 1. The summed E-state index contributed by atoms with van der Waals surface area (Å²) in [6.07, 6.45) is 1.40. The van der Waals surface area contributed by atoms with E-state index >= 15 is 0 Å². The first-order valence-corrected chi connectivity index (χ1v) is 11.0. The van der Waals surface area contributed by atoms with E-state index in [-0.39, 0.29) is 23.3 Å². The van der Waals surface area contributed by atoms with Gasteiger partial charge in [0, 0.05) is 38.9 Å². The lowest BCUT2D eigenvalue weighted by atomic mass is 9.99. The maximum atomic E-state index is 12.8. The number of hydrogen-bond donors (Lipinski definition) is 1. The Labute approximate surface area is 167 Å². The molecule has 0 unspecified atom stereocenters. The van der Waals surface area contributed by atoms with E-state index in [4.69, 9.17) is 0 Å². The van der Waals surface area contributed by atoms with E-state index < -0.39 is 10.0 Å². The average molecular weight is 402 g/mol. The van der Waals surface area contributed by atoms with Crippen LogP contribution in [-0.4, -0.2) is 51.9 Å². The molecule has 0 radical (unpaired) electrons. The third-order valence-corrected chi connectivity index (χ3v) is 6.96. The van der Waals surface area contributed by atoms with Gasteiger partial charge in [-0.3, -0.25) is 4.79 Å². The molecule has 6 nitrogen and oxygen atoms in total. The Morgan fingerprint density at radius 2 is 1.75 bits per heavy atom. The minimum absolute atomic E-state index is 0.0746. The Hall–Kier alpha value is -2.38. The van der Waals surface area contributed by atoms with Gasteiger partial charge in [-0.25, -0.2) is 8.42 Å². The maximum Gasteiger partial charge on any atom is 0.243 e. The first kappa shape index (κ1) is 20.4. The lowest BCUT2D eigenvalue weighted by Gasteiger charge is -2.31. The lowest BCUT2D eigenvalue weighted by Crippen LogP contribution is -2.46. The Bertz CT molecular complexity index is 872. The molecular weight excluding hydrogens is 374 g/mol. The summed E-state index contributed by atoms with van der Waals surface area (Å²) in [5.41, 5.74) is 1.09. The van der Waals surface area contributed by atoms with Gasteiger partial charge in [0.05, 0.1) is 10.8 Å². The number of anilines is 1. The number of nitrogens with one attached hydrogen (secondary N) is 1. The fourth-order valence-corrected chi connectivity index (χ4v) is 4.96. The van der Waals surface area contributed by atoms with Crippen LogP contribution >= 0.6 is 0 Å². The molecule has 1 aliphatic rings. The maximum absolute atomic E-state index is 12.8. The zero-order chi connectivity index (χ0) is 20.0. The minimum Gasteiger partial charge on any atom is -0.373 e. The number of para-hydroxylation sites is 1. The molecule has 1 aliphatic heterocycles. The molecule has 1 fully saturated rings. The number of nitrogens with zero attached hydrogens (tertiary/aromatic N) is 2. The second-order valence-corrected chi connectivity index (χ2v) is 9.00. The zero-order valence-electron chi connectivity index (χ0n) is 16.1. The highest BCUT2D eigenvalue weighted by atomic mass is 32.2. The van der Waals surface area contributed by atoms with Crippen LogP contribution in [0.4, 0.5) is 5.69 Å². The number of piperidine rings is 1. The topological polar surface area (TPSA) is 69.7 Å². The number of benzene rings is 2. The van der Waals surface area contributed by atoms with Crippen LogP contribution in [0.1, 0.15) is 12.8 Å². The van der Waals surface area contributed by atoms with Gasteiger partial charge in [-0.2, -0.15) is 4.31 Å². The summed E-state index contributed by atoms with van der Waals surface area (Å²) in [6.45, 7) is 1.90. The largest absolute Gasteiger partial charge is 0.373 e. The van der Waals surface area contributed by atoms with Crippen LogP contribution in [-0.2, 0) is 14.8 Å². The van der Waals surface area contributed by atoms with Crippen molar-refractivity contribution in [2.75, 3.05) is 38.1 Å². The Morgan fingerprint density at radius 3 is 2.43 bits per heavy atom. The molecule has 1 saturated heterocycles. The molecule has 7 heteroatoms. The van der Waals surface area contributed by atoms with E-state index in [2.05, 4.69) is 10.2 Å². The zero-order valence-corrected chi connectivity index (χ0v) is 16.9. The van der Waals surface area contributed by atoms with Gasteiger partial charge < -0.3 is 10.2 Å². The van der Waals surface area contributed by atoms with Gasteiger partial charge in [-0.1, -0.05) is 36.4 Å². The summed E-state index contributed by atoms with van der Waals surface area (Å²) in [5.74, 6) is -0.385. The normalized spacial score (nSPS) is 17.8. The highest BCUT2D eigenvalue weighted by molar-refractivity contribution is 7.89. The number of hydrogen-bond acceptors (Lipinski definition) is 4. The molecule has 0 aliphatic carbocycles. The van der Waals surface area contributed by atoms with Crippen LogP contribution in [0.25, 0.3) is 0 Å². The summed E-state index contributed by atoms with van der Waals surface area (Å²) in [6, 6.07) is 18.4. The summed E-state index contributed by atoms with van der Waals surface area (Å²) >= 11 is 0. The number of sulfonamides is 1. The highest BCUT2D eigenvalue weighted by Crippen LogP contribution is 2.23. The Kier molecular flexibility index (Phi) is 6.70. The summed E-state index contributed by atoms with van der Waals surface area (Å²) in [5, 5.41) is 2.96. The van der Waals surface area contributed by atoms with Crippen molar-refractivity contribution >= 4 is 21.6 Å². The van der Waals surface area contributed by atoms with Crippen molar-refractivity contribution < 1.29 is 13.2 Å². The SMILES string of the molecule is CN(CCNC(=O)[C@@H]1CCCN(S(=O)(=O)c2ccccc2)C1)c1ccccc1. The molecule has 2 aromatic rings. The second-order valence-electron chi connectivity index (χ2n) is 7.06. The summed E-state index contributed by atoms with van der Waals surface area (Å²) < 4.78 is 27.0. The molecular formula is C21H27N3O3S. The third kappa shape index (κ3) is 4.91. The lowest BCUT2D eigenvalue weighted by molar-refractivity contribution is -0.126. The number of likely N-dealkylation sites (N-methyl/N-ethyl adjacent to an activating group) is 1. The second kappa shape index (κ2) is 9.21. The molecule has 3 rings (SSSR count). The van der Waals surface area contributed by atoms with Crippen LogP contribution in [0, 0.1) is 5.92 Å². The van der Waals surface area contributed by atoms with Crippen LogP contribution in [0.3, 0.4) is 0 Å². The summed E-state index contributed by atoms with van der Waals surface area (Å²) in [4.78, 5) is 14.9. The van der Waals surface area contributed by atoms with E-state index in [1.54, 1.807) is 30.3 Å². The molecule has 150 valence electrons. The van der Waals surface area contributed by atoms with Crippen molar-refractivity contribution in [3.05, 3.63) is 60.7 Å². The minimum atomic E-state index is -3.55. The molecule has 1 heterocycles. The molecule has 0 bridgehead atoms. The van der Waals surface area contributed by atoms with Crippen LogP contribution < -0.4 is 10.2 Å². The molecule has 0 saturated carbocycles. The first-order chi connectivity index (χ1) is 13.5. The van der Waals surface area contributed by atoms with Crippen LogP contribution in [0.2, 0.25) is 0 Å². The fourth-order valence-electron chi connectivity index (χ4n) is 3.42. The molecule has 0 spiro atoms. The van der Waals surface area contributed by atoms with Gasteiger partial charge in [-0.05, 0) is 37.1 Å². The number of amides is 1. The first-order valence-electron chi connectivity index (χ1n) is 9.57.